The Balaban J connectivity index is 2.59. The van der Waals surface area contributed by atoms with Crippen molar-refractivity contribution in [3.05, 3.63) is 29.3 Å². The summed E-state index contributed by atoms with van der Waals surface area (Å²) in [4.78, 5) is 0. The number of aromatic hydroxyl groups is 1. The summed E-state index contributed by atoms with van der Waals surface area (Å²) in [6.07, 6.45) is 2.80. The van der Waals surface area contributed by atoms with Gasteiger partial charge in [-0.3, -0.25) is 0 Å². The Kier molecular flexibility index (Phi) is 4.07. The fourth-order valence-electron chi connectivity index (χ4n) is 1.37. The van der Waals surface area contributed by atoms with Crippen molar-refractivity contribution in [2.24, 2.45) is 0 Å². The number of rotatable bonds is 2. The molecular weight excluding hydrogens is 172 g/mol. The first-order chi connectivity index (χ1) is 6.74. The molecule has 0 aliphatic carbocycles. The SMILES string of the molecule is CCC#CCCc1ccc(O)cc1C. The summed E-state index contributed by atoms with van der Waals surface area (Å²) in [5.41, 5.74) is 2.41. The lowest BCUT2D eigenvalue weighted by Gasteiger charge is -2.03. The van der Waals surface area contributed by atoms with E-state index < -0.39 is 0 Å². The molecular formula is C13H16O. The lowest BCUT2D eigenvalue weighted by molar-refractivity contribution is 0.474. The van der Waals surface area contributed by atoms with E-state index >= 15 is 0 Å². The first-order valence-electron chi connectivity index (χ1n) is 4.98. The van der Waals surface area contributed by atoms with Crippen molar-refractivity contribution in [2.75, 3.05) is 0 Å². The van der Waals surface area contributed by atoms with E-state index in [1.165, 1.54) is 5.56 Å². The molecule has 1 rings (SSSR count). The van der Waals surface area contributed by atoms with Crippen LogP contribution in [0.1, 0.15) is 30.9 Å². The van der Waals surface area contributed by atoms with Crippen LogP contribution in [-0.4, -0.2) is 5.11 Å². The maximum Gasteiger partial charge on any atom is 0.115 e. The third-order valence-corrected chi connectivity index (χ3v) is 2.15. The normalized spacial score (nSPS) is 9.29. The molecule has 0 aromatic heterocycles. The van der Waals surface area contributed by atoms with Crippen molar-refractivity contribution in [1.29, 1.82) is 0 Å². The highest BCUT2D eigenvalue weighted by molar-refractivity contribution is 5.34. The first-order valence-corrected chi connectivity index (χ1v) is 4.98. The van der Waals surface area contributed by atoms with Crippen molar-refractivity contribution in [3.8, 4) is 17.6 Å². The molecule has 0 radical (unpaired) electrons. The summed E-state index contributed by atoms with van der Waals surface area (Å²) < 4.78 is 0. The predicted molar refractivity (Wildman–Crippen MR) is 59.2 cm³/mol. The molecule has 74 valence electrons. The van der Waals surface area contributed by atoms with Crippen LogP contribution >= 0.6 is 0 Å². The maximum atomic E-state index is 9.22. The lowest BCUT2D eigenvalue weighted by atomic mass is 10.0. The topological polar surface area (TPSA) is 20.2 Å². The Hall–Kier alpha value is -1.42. The van der Waals surface area contributed by atoms with Crippen molar-refractivity contribution < 1.29 is 5.11 Å². The van der Waals surface area contributed by atoms with Crippen molar-refractivity contribution in [3.63, 3.8) is 0 Å². The average Bonchev–Trinajstić information content (AvgIpc) is 2.15. The minimum atomic E-state index is 0.339. The highest BCUT2D eigenvalue weighted by Crippen LogP contribution is 2.16. The molecule has 1 N–H and O–H groups in total. The van der Waals surface area contributed by atoms with Crippen LogP contribution in [0.15, 0.2) is 18.2 Å². The van der Waals surface area contributed by atoms with E-state index in [1.807, 2.05) is 13.0 Å². The number of phenols is 1. The molecule has 0 heterocycles. The molecule has 0 bridgehead atoms. The molecule has 1 nitrogen and oxygen atoms in total. The van der Waals surface area contributed by atoms with Crippen LogP contribution in [0.4, 0.5) is 0 Å². The van der Waals surface area contributed by atoms with Gasteiger partial charge < -0.3 is 5.11 Å². The third kappa shape index (κ3) is 3.14. The van der Waals surface area contributed by atoms with Crippen LogP contribution in [0.3, 0.4) is 0 Å². The minimum Gasteiger partial charge on any atom is -0.508 e. The second kappa shape index (κ2) is 5.34. The van der Waals surface area contributed by atoms with Crippen LogP contribution in [0.5, 0.6) is 5.75 Å². The Morgan fingerprint density at radius 3 is 2.71 bits per heavy atom. The van der Waals surface area contributed by atoms with Gasteiger partial charge >= 0.3 is 0 Å². The van der Waals surface area contributed by atoms with E-state index in [4.69, 9.17) is 0 Å². The van der Waals surface area contributed by atoms with Crippen LogP contribution in [0.25, 0.3) is 0 Å². The molecule has 0 amide bonds. The van der Waals surface area contributed by atoms with Crippen LogP contribution in [0.2, 0.25) is 0 Å². The van der Waals surface area contributed by atoms with Crippen molar-refractivity contribution in [1.82, 2.24) is 0 Å². The first kappa shape index (κ1) is 10.7. The lowest BCUT2D eigenvalue weighted by Crippen LogP contribution is -1.87. The Labute approximate surface area is 85.8 Å². The van der Waals surface area contributed by atoms with E-state index in [9.17, 15) is 5.11 Å². The van der Waals surface area contributed by atoms with Crippen LogP contribution in [0, 0.1) is 18.8 Å². The fourth-order valence-corrected chi connectivity index (χ4v) is 1.37. The number of hydrogen-bond acceptors (Lipinski definition) is 1. The summed E-state index contributed by atoms with van der Waals surface area (Å²) in [5, 5.41) is 9.22. The molecule has 0 unspecified atom stereocenters. The van der Waals surface area contributed by atoms with Gasteiger partial charge in [-0.2, -0.15) is 0 Å². The summed E-state index contributed by atoms with van der Waals surface area (Å²) in [7, 11) is 0. The van der Waals surface area contributed by atoms with Gasteiger partial charge in [0.05, 0.1) is 0 Å². The van der Waals surface area contributed by atoms with Gasteiger partial charge in [-0.05, 0) is 36.6 Å². The predicted octanol–water partition coefficient (Wildman–Crippen LogP) is 3.05. The smallest absolute Gasteiger partial charge is 0.115 e. The highest BCUT2D eigenvalue weighted by Gasteiger charge is 1.97. The maximum absolute atomic E-state index is 9.22. The average molecular weight is 188 g/mol. The third-order valence-electron chi connectivity index (χ3n) is 2.15. The number of benzene rings is 1. The summed E-state index contributed by atoms with van der Waals surface area (Å²) in [6, 6.07) is 5.50. The zero-order valence-electron chi connectivity index (χ0n) is 8.80. The molecule has 0 saturated heterocycles. The monoisotopic (exact) mass is 188 g/mol. The second-order valence-electron chi connectivity index (χ2n) is 3.32. The number of aryl methyl sites for hydroxylation is 2. The fraction of sp³-hybridized carbons (Fsp3) is 0.385. The van der Waals surface area contributed by atoms with Crippen LogP contribution < -0.4 is 0 Å². The Morgan fingerprint density at radius 2 is 2.07 bits per heavy atom. The summed E-state index contributed by atoms with van der Waals surface area (Å²) >= 11 is 0. The minimum absolute atomic E-state index is 0.339. The molecule has 0 atom stereocenters. The quantitative estimate of drug-likeness (QED) is 0.707. The van der Waals surface area contributed by atoms with E-state index in [1.54, 1.807) is 12.1 Å². The van der Waals surface area contributed by atoms with Gasteiger partial charge in [0, 0.05) is 12.8 Å². The molecule has 0 spiro atoms. The van der Waals surface area contributed by atoms with Crippen molar-refractivity contribution >= 4 is 0 Å². The van der Waals surface area contributed by atoms with E-state index in [-0.39, 0.29) is 0 Å². The Bertz CT molecular complexity index is 355. The van der Waals surface area contributed by atoms with E-state index in [0.29, 0.717) is 5.75 Å². The molecule has 0 aliphatic rings. The zero-order chi connectivity index (χ0) is 10.4. The molecule has 0 saturated carbocycles. The molecule has 1 heteroatoms. The molecule has 1 aromatic carbocycles. The molecule has 0 fully saturated rings. The standard InChI is InChI=1S/C13H16O/c1-3-4-5-6-7-12-8-9-13(14)10-11(12)2/h8-10,14H,3,6-7H2,1-2H3. The molecule has 14 heavy (non-hydrogen) atoms. The Morgan fingerprint density at radius 1 is 1.29 bits per heavy atom. The number of phenolic OH excluding ortho intramolecular Hbond substituents is 1. The second-order valence-corrected chi connectivity index (χ2v) is 3.32. The molecule has 1 aromatic rings. The zero-order valence-corrected chi connectivity index (χ0v) is 8.80. The van der Waals surface area contributed by atoms with Gasteiger partial charge in [0.15, 0.2) is 0 Å². The summed E-state index contributed by atoms with van der Waals surface area (Å²) in [6.45, 7) is 4.07. The van der Waals surface area contributed by atoms with Gasteiger partial charge in [-0.25, -0.2) is 0 Å². The van der Waals surface area contributed by atoms with Gasteiger partial charge in [0.25, 0.3) is 0 Å². The number of hydrogen-bond donors (Lipinski definition) is 1. The van der Waals surface area contributed by atoms with Gasteiger partial charge in [-0.15, -0.1) is 11.8 Å². The van der Waals surface area contributed by atoms with Gasteiger partial charge in [-0.1, -0.05) is 13.0 Å². The van der Waals surface area contributed by atoms with Crippen LogP contribution in [-0.2, 0) is 6.42 Å². The van der Waals surface area contributed by atoms with Crippen molar-refractivity contribution in [2.45, 2.75) is 33.1 Å². The highest BCUT2D eigenvalue weighted by atomic mass is 16.3. The largest absolute Gasteiger partial charge is 0.508 e. The van der Waals surface area contributed by atoms with Gasteiger partial charge in [0.2, 0.25) is 0 Å². The summed E-state index contributed by atoms with van der Waals surface area (Å²) in [5.74, 6) is 6.50. The molecule has 0 aliphatic heterocycles. The van der Waals surface area contributed by atoms with E-state index in [0.717, 1.165) is 24.8 Å². The van der Waals surface area contributed by atoms with E-state index in [2.05, 4.69) is 18.8 Å². The van der Waals surface area contributed by atoms with Gasteiger partial charge in [0.1, 0.15) is 5.75 Å².